The molecule has 2 aromatic rings. The number of rotatable bonds is 6. The van der Waals surface area contributed by atoms with E-state index in [0.29, 0.717) is 26.4 Å². The fourth-order valence-electron chi connectivity index (χ4n) is 2.79. The third-order valence-corrected chi connectivity index (χ3v) is 4.20. The molecule has 2 aromatic carbocycles. The lowest BCUT2D eigenvalue weighted by Crippen LogP contribution is -2.53. The number of anilines is 1. The molecule has 1 saturated heterocycles. The molecule has 0 spiro atoms. The number of hydrogen-bond acceptors (Lipinski definition) is 4. The van der Waals surface area contributed by atoms with Crippen molar-refractivity contribution in [3.63, 3.8) is 0 Å². The van der Waals surface area contributed by atoms with Crippen LogP contribution < -0.4 is 10.6 Å². The summed E-state index contributed by atoms with van der Waals surface area (Å²) in [5.41, 5.74) is 3.00. The number of ether oxygens (including phenoxy) is 2. The van der Waals surface area contributed by atoms with Gasteiger partial charge < -0.3 is 20.1 Å². The van der Waals surface area contributed by atoms with Crippen molar-refractivity contribution in [2.24, 2.45) is 0 Å². The van der Waals surface area contributed by atoms with Gasteiger partial charge >= 0.3 is 0 Å². The molecule has 2 N–H and O–H groups in total. The minimum atomic E-state index is -0.317. The molecule has 1 fully saturated rings. The maximum atomic E-state index is 12.3. The third kappa shape index (κ3) is 5.81. The van der Waals surface area contributed by atoms with Crippen molar-refractivity contribution in [2.75, 3.05) is 18.5 Å². The molecule has 1 heterocycles. The van der Waals surface area contributed by atoms with Gasteiger partial charge in [0, 0.05) is 12.2 Å². The summed E-state index contributed by atoms with van der Waals surface area (Å²) in [6.45, 7) is 4.37. The number of morpholine rings is 1. The Labute approximate surface area is 160 Å². The van der Waals surface area contributed by atoms with Gasteiger partial charge in [-0.25, -0.2) is 0 Å². The van der Waals surface area contributed by atoms with Gasteiger partial charge in [-0.2, -0.15) is 0 Å². The van der Waals surface area contributed by atoms with E-state index in [1.807, 2.05) is 61.5 Å². The summed E-state index contributed by atoms with van der Waals surface area (Å²) in [5, 5.41) is 6.12. The standard InChI is InChI=1S/C20H24N2O3.ClH/c1-15-19(21-11-12-25-15)20(23)22-18-9-7-17(8-10-18)14-24-13-16-5-3-2-4-6-16;/h2-10,15,19,21H,11-14H2,1H3,(H,22,23);1H/t15-,19+;/m1./s1. The predicted molar refractivity (Wildman–Crippen MR) is 104 cm³/mol. The zero-order valence-electron chi connectivity index (χ0n) is 14.8. The second kappa shape index (κ2) is 10.3. The molecule has 26 heavy (non-hydrogen) atoms. The number of nitrogens with one attached hydrogen (secondary N) is 2. The molecule has 0 unspecified atom stereocenters. The number of carbonyl (C=O) groups excluding carboxylic acids is 1. The van der Waals surface area contributed by atoms with Crippen LogP contribution in [-0.4, -0.2) is 31.2 Å². The van der Waals surface area contributed by atoms with Gasteiger partial charge in [0.25, 0.3) is 0 Å². The molecule has 140 valence electrons. The molecule has 0 aromatic heterocycles. The molecule has 0 bridgehead atoms. The second-order valence-electron chi connectivity index (χ2n) is 6.17. The molecule has 2 atom stereocenters. The van der Waals surface area contributed by atoms with Crippen LogP contribution >= 0.6 is 12.4 Å². The normalized spacial score (nSPS) is 19.4. The molecule has 6 heteroatoms. The van der Waals surface area contributed by atoms with Gasteiger partial charge in [0.2, 0.25) is 5.91 Å². The number of halogens is 1. The summed E-state index contributed by atoms with van der Waals surface area (Å²) in [6.07, 6.45) is -0.126. The van der Waals surface area contributed by atoms with E-state index in [1.54, 1.807) is 0 Å². The van der Waals surface area contributed by atoms with Gasteiger partial charge in [-0.05, 0) is 30.2 Å². The van der Waals surface area contributed by atoms with E-state index in [2.05, 4.69) is 10.6 Å². The van der Waals surface area contributed by atoms with Crippen LogP contribution in [0.5, 0.6) is 0 Å². The van der Waals surface area contributed by atoms with Crippen molar-refractivity contribution in [3.05, 3.63) is 65.7 Å². The third-order valence-electron chi connectivity index (χ3n) is 4.20. The lowest BCUT2D eigenvalue weighted by Gasteiger charge is -2.29. The molecule has 0 aliphatic carbocycles. The zero-order valence-corrected chi connectivity index (χ0v) is 15.6. The van der Waals surface area contributed by atoms with Crippen molar-refractivity contribution in [1.29, 1.82) is 0 Å². The number of amides is 1. The van der Waals surface area contributed by atoms with Gasteiger partial charge in [-0.1, -0.05) is 42.5 Å². The smallest absolute Gasteiger partial charge is 0.244 e. The van der Waals surface area contributed by atoms with E-state index in [1.165, 1.54) is 0 Å². The molecule has 5 nitrogen and oxygen atoms in total. The first kappa shape index (κ1) is 20.4. The fraction of sp³-hybridized carbons (Fsp3) is 0.350. The average Bonchev–Trinajstić information content (AvgIpc) is 2.64. The highest BCUT2D eigenvalue weighted by molar-refractivity contribution is 5.95. The highest BCUT2D eigenvalue weighted by atomic mass is 35.5. The van der Waals surface area contributed by atoms with E-state index >= 15 is 0 Å². The Hall–Kier alpha value is -1.92. The first-order chi connectivity index (χ1) is 12.2. The van der Waals surface area contributed by atoms with Crippen molar-refractivity contribution in [3.8, 4) is 0 Å². The Bertz CT molecular complexity index is 679. The second-order valence-corrected chi connectivity index (χ2v) is 6.17. The van der Waals surface area contributed by atoms with Crippen LogP contribution in [-0.2, 0) is 27.5 Å². The first-order valence-electron chi connectivity index (χ1n) is 8.59. The van der Waals surface area contributed by atoms with Crippen LogP contribution in [0.25, 0.3) is 0 Å². The highest BCUT2D eigenvalue weighted by Gasteiger charge is 2.28. The van der Waals surface area contributed by atoms with E-state index in [9.17, 15) is 4.79 Å². The van der Waals surface area contributed by atoms with Gasteiger partial charge in [-0.3, -0.25) is 4.79 Å². The highest BCUT2D eigenvalue weighted by Crippen LogP contribution is 2.13. The summed E-state index contributed by atoms with van der Waals surface area (Å²) in [5.74, 6) is -0.0692. The molecular weight excluding hydrogens is 352 g/mol. The molecule has 1 aliphatic heterocycles. The van der Waals surface area contributed by atoms with Crippen LogP contribution in [0, 0.1) is 0 Å². The van der Waals surface area contributed by atoms with Crippen LogP contribution in [0.3, 0.4) is 0 Å². The predicted octanol–water partition coefficient (Wildman–Crippen LogP) is 3.14. The zero-order chi connectivity index (χ0) is 17.5. The summed E-state index contributed by atoms with van der Waals surface area (Å²) < 4.78 is 11.2. The van der Waals surface area contributed by atoms with E-state index in [-0.39, 0.29) is 30.5 Å². The Morgan fingerprint density at radius 2 is 1.77 bits per heavy atom. The van der Waals surface area contributed by atoms with Crippen LogP contribution in [0.2, 0.25) is 0 Å². The number of hydrogen-bond donors (Lipinski definition) is 2. The Morgan fingerprint density at radius 1 is 1.12 bits per heavy atom. The van der Waals surface area contributed by atoms with Crippen LogP contribution in [0.4, 0.5) is 5.69 Å². The van der Waals surface area contributed by atoms with Gasteiger partial charge in [0.05, 0.1) is 25.9 Å². The van der Waals surface area contributed by atoms with Crippen molar-refractivity contribution in [1.82, 2.24) is 5.32 Å². The first-order valence-corrected chi connectivity index (χ1v) is 8.59. The van der Waals surface area contributed by atoms with Crippen molar-refractivity contribution >= 4 is 24.0 Å². The number of benzene rings is 2. The van der Waals surface area contributed by atoms with Crippen molar-refractivity contribution < 1.29 is 14.3 Å². The quantitative estimate of drug-likeness (QED) is 0.813. The van der Waals surface area contributed by atoms with Crippen LogP contribution in [0.1, 0.15) is 18.1 Å². The van der Waals surface area contributed by atoms with Crippen LogP contribution in [0.15, 0.2) is 54.6 Å². The van der Waals surface area contributed by atoms with Gasteiger partial charge in [0.1, 0.15) is 6.04 Å². The number of carbonyl (C=O) groups is 1. The minimum Gasteiger partial charge on any atom is -0.375 e. The van der Waals surface area contributed by atoms with Gasteiger partial charge in [0.15, 0.2) is 0 Å². The lowest BCUT2D eigenvalue weighted by molar-refractivity contribution is -0.123. The minimum absolute atomic E-state index is 0. The molecule has 1 amide bonds. The summed E-state index contributed by atoms with van der Waals surface area (Å²) >= 11 is 0. The fourth-order valence-corrected chi connectivity index (χ4v) is 2.79. The molecule has 0 radical (unpaired) electrons. The molecule has 0 saturated carbocycles. The lowest BCUT2D eigenvalue weighted by atomic mass is 10.1. The molecular formula is C20H25ClN2O3. The maximum Gasteiger partial charge on any atom is 0.244 e. The van der Waals surface area contributed by atoms with E-state index in [0.717, 1.165) is 16.8 Å². The van der Waals surface area contributed by atoms with E-state index in [4.69, 9.17) is 9.47 Å². The molecule has 1 aliphatic rings. The monoisotopic (exact) mass is 376 g/mol. The van der Waals surface area contributed by atoms with Gasteiger partial charge in [-0.15, -0.1) is 12.4 Å². The Morgan fingerprint density at radius 3 is 2.42 bits per heavy atom. The average molecular weight is 377 g/mol. The topological polar surface area (TPSA) is 59.6 Å². The summed E-state index contributed by atoms with van der Waals surface area (Å²) in [4.78, 5) is 12.3. The summed E-state index contributed by atoms with van der Waals surface area (Å²) in [7, 11) is 0. The SMILES string of the molecule is C[C@H]1OCCN[C@@H]1C(=O)Nc1ccc(COCc2ccccc2)cc1.Cl. The Balaban J connectivity index is 0.00000243. The van der Waals surface area contributed by atoms with E-state index < -0.39 is 0 Å². The maximum absolute atomic E-state index is 12.3. The summed E-state index contributed by atoms with van der Waals surface area (Å²) in [6, 6.07) is 17.5. The Kier molecular flexibility index (Phi) is 8.06. The molecule has 3 rings (SSSR count). The van der Waals surface area contributed by atoms with Crippen molar-refractivity contribution in [2.45, 2.75) is 32.3 Å². The largest absolute Gasteiger partial charge is 0.375 e.